The molecule has 0 heterocycles. The number of amides is 1. The highest BCUT2D eigenvalue weighted by atomic mass is 16.1. The molecule has 0 spiro atoms. The third-order valence-electron chi connectivity index (χ3n) is 2.81. The van der Waals surface area contributed by atoms with Gasteiger partial charge in [-0.15, -0.1) is 0 Å². The van der Waals surface area contributed by atoms with Crippen molar-refractivity contribution in [1.29, 1.82) is 0 Å². The standard InChI is InChI=1S/C15H24N2O/c1-12(2)9-17-15(18)11-16-10-13(3)14-7-5-4-6-8-14/h4-8,12-13,16H,9-11H2,1-3H3,(H,17,18). The maximum Gasteiger partial charge on any atom is 0.233 e. The van der Waals surface area contributed by atoms with Crippen LogP contribution in [0.15, 0.2) is 30.3 Å². The summed E-state index contributed by atoms with van der Waals surface area (Å²) in [5.74, 6) is 0.991. The van der Waals surface area contributed by atoms with E-state index in [4.69, 9.17) is 0 Å². The molecule has 100 valence electrons. The van der Waals surface area contributed by atoms with E-state index in [0.29, 0.717) is 18.4 Å². The Bertz CT molecular complexity index is 349. The Morgan fingerprint density at radius 1 is 1.11 bits per heavy atom. The van der Waals surface area contributed by atoms with Gasteiger partial charge in [-0.25, -0.2) is 0 Å². The number of benzene rings is 1. The maximum atomic E-state index is 11.5. The third-order valence-corrected chi connectivity index (χ3v) is 2.81. The zero-order chi connectivity index (χ0) is 13.4. The number of carbonyl (C=O) groups excluding carboxylic acids is 1. The van der Waals surface area contributed by atoms with Crippen LogP contribution in [0.25, 0.3) is 0 Å². The van der Waals surface area contributed by atoms with Gasteiger partial charge < -0.3 is 10.6 Å². The van der Waals surface area contributed by atoms with Gasteiger partial charge in [0.2, 0.25) is 5.91 Å². The number of rotatable bonds is 7. The van der Waals surface area contributed by atoms with Crippen LogP contribution in [0.1, 0.15) is 32.3 Å². The van der Waals surface area contributed by atoms with Crippen LogP contribution in [0, 0.1) is 5.92 Å². The van der Waals surface area contributed by atoms with Gasteiger partial charge in [-0.2, -0.15) is 0 Å². The van der Waals surface area contributed by atoms with Crippen molar-refractivity contribution in [3.05, 3.63) is 35.9 Å². The molecule has 3 heteroatoms. The molecule has 0 radical (unpaired) electrons. The third kappa shape index (κ3) is 5.82. The lowest BCUT2D eigenvalue weighted by Gasteiger charge is -2.13. The summed E-state index contributed by atoms with van der Waals surface area (Å²) in [6.07, 6.45) is 0. The van der Waals surface area contributed by atoms with Gasteiger partial charge in [0, 0.05) is 13.1 Å². The SMILES string of the molecule is CC(C)CNC(=O)CNCC(C)c1ccccc1. The number of nitrogens with one attached hydrogen (secondary N) is 2. The highest BCUT2D eigenvalue weighted by Gasteiger charge is 2.06. The zero-order valence-electron chi connectivity index (χ0n) is 11.6. The van der Waals surface area contributed by atoms with E-state index in [1.165, 1.54) is 5.56 Å². The topological polar surface area (TPSA) is 41.1 Å². The Labute approximate surface area is 110 Å². The monoisotopic (exact) mass is 248 g/mol. The molecule has 0 fully saturated rings. The first-order valence-electron chi connectivity index (χ1n) is 6.62. The van der Waals surface area contributed by atoms with Crippen molar-refractivity contribution >= 4 is 5.91 Å². The van der Waals surface area contributed by atoms with Gasteiger partial charge in [0.15, 0.2) is 0 Å². The fourth-order valence-corrected chi connectivity index (χ4v) is 1.68. The Morgan fingerprint density at radius 3 is 2.39 bits per heavy atom. The summed E-state index contributed by atoms with van der Waals surface area (Å²) in [5.41, 5.74) is 1.30. The summed E-state index contributed by atoms with van der Waals surface area (Å²) < 4.78 is 0. The molecule has 1 rings (SSSR count). The smallest absolute Gasteiger partial charge is 0.233 e. The molecule has 0 aliphatic carbocycles. The van der Waals surface area contributed by atoms with Crippen LogP contribution in [-0.2, 0) is 4.79 Å². The van der Waals surface area contributed by atoms with Crippen molar-refractivity contribution in [2.24, 2.45) is 5.92 Å². The fourth-order valence-electron chi connectivity index (χ4n) is 1.68. The lowest BCUT2D eigenvalue weighted by Crippen LogP contribution is -2.36. The van der Waals surface area contributed by atoms with Crippen LogP contribution in [0.2, 0.25) is 0 Å². The van der Waals surface area contributed by atoms with Crippen LogP contribution < -0.4 is 10.6 Å². The molecule has 0 aliphatic rings. The van der Waals surface area contributed by atoms with Gasteiger partial charge in [-0.05, 0) is 17.4 Å². The zero-order valence-corrected chi connectivity index (χ0v) is 11.6. The first kappa shape index (κ1) is 14.7. The second-order valence-corrected chi connectivity index (χ2v) is 5.14. The first-order chi connectivity index (χ1) is 8.59. The lowest BCUT2D eigenvalue weighted by molar-refractivity contribution is -0.120. The molecule has 1 unspecified atom stereocenters. The van der Waals surface area contributed by atoms with Crippen molar-refractivity contribution in [1.82, 2.24) is 10.6 Å². The molecule has 0 bridgehead atoms. The molecule has 1 aromatic rings. The molecule has 2 N–H and O–H groups in total. The van der Waals surface area contributed by atoms with E-state index in [1.54, 1.807) is 0 Å². The van der Waals surface area contributed by atoms with E-state index in [-0.39, 0.29) is 5.91 Å². The second-order valence-electron chi connectivity index (χ2n) is 5.14. The van der Waals surface area contributed by atoms with Crippen molar-refractivity contribution in [2.45, 2.75) is 26.7 Å². The van der Waals surface area contributed by atoms with Gasteiger partial charge in [0.05, 0.1) is 6.54 Å². The largest absolute Gasteiger partial charge is 0.355 e. The molecular weight excluding hydrogens is 224 g/mol. The average molecular weight is 248 g/mol. The summed E-state index contributed by atoms with van der Waals surface area (Å²) in [5, 5.41) is 6.09. The summed E-state index contributed by atoms with van der Waals surface area (Å²) in [4.78, 5) is 11.5. The highest BCUT2D eigenvalue weighted by molar-refractivity contribution is 5.77. The Hall–Kier alpha value is -1.35. The molecule has 3 nitrogen and oxygen atoms in total. The molecule has 0 saturated carbocycles. The summed E-state index contributed by atoms with van der Waals surface area (Å²) >= 11 is 0. The normalized spacial score (nSPS) is 12.4. The molecule has 0 aromatic heterocycles. The first-order valence-corrected chi connectivity index (χ1v) is 6.62. The minimum Gasteiger partial charge on any atom is -0.355 e. The predicted molar refractivity (Wildman–Crippen MR) is 75.6 cm³/mol. The molecule has 0 aliphatic heterocycles. The Kier molecular flexibility index (Phi) is 6.44. The highest BCUT2D eigenvalue weighted by Crippen LogP contribution is 2.12. The van der Waals surface area contributed by atoms with Gasteiger partial charge in [0.1, 0.15) is 0 Å². The van der Waals surface area contributed by atoms with Crippen LogP contribution in [-0.4, -0.2) is 25.5 Å². The summed E-state index contributed by atoms with van der Waals surface area (Å²) in [7, 11) is 0. The van der Waals surface area contributed by atoms with Crippen molar-refractivity contribution in [3.8, 4) is 0 Å². The van der Waals surface area contributed by atoms with E-state index in [2.05, 4.69) is 43.5 Å². The fraction of sp³-hybridized carbons (Fsp3) is 0.533. The molecular formula is C15H24N2O. The number of hydrogen-bond donors (Lipinski definition) is 2. The minimum absolute atomic E-state index is 0.0731. The van der Waals surface area contributed by atoms with E-state index < -0.39 is 0 Å². The van der Waals surface area contributed by atoms with Crippen LogP contribution >= 0.6 is 0 Å². The van der Waals surface area contributed by atoms with E-state index in [9.17, 15) is 4.79 Å². The van der Waals surface area contributed by atoms with Crippen LogP contribution in [0.5, 0.6) is 0 Å². The van der Waals surface area contributed by atoms with Crippen LogP contribution in [0.3, 0.4) is 0 Å². The molecule has 0 saturated heterocycles. The van der Waals surface area contributed by atoms with Gasteiger partial charge in [0.25, 0.3) is 0 Å². The Balaban J connectivity index is 2.19. The van der Waals surface area contributed by atoms with Crippen molar-refractivity contribution in [3.63, 3.8) is 0 Å². The molecule has 1 amide bonds. The van der Waals surface area contributed by atoms with E-state index >= 15 is 0 Å². The maximum absolute atomic E-state index is 11.5. The molecule has 1 aromatic carbocycles. The molecule has 18 heavy (non-hydrogen) atoms. The predicted octanol–water partition coefficient (Wildman–Crippen LogP) is 2.15. The van der Waals surface area contributed by atoms with Gasteiger partial charge >= 0.3 is 0 Å². The van der Waals surface area contributed by atoms with Crippen molar-refractivity contribution in [2.75, 3.05) is 19.6 Å². The average Bonchev–Trinajstić information content (AvgIpc) is 2.37. The van der Waals surface area contributed by atoms with Crippen molar-refractivity contribution < 1.29 is 4.79 Å². The minimum atomic E-state index is 0.0731. The summed E-state index contributed by atoms with van der Waals surface area (Å²) in [6.45, 7) is 8.29. The van der Waals surface area contributed by atoms with E-state index in [0.717, 1.165) is 13.1 Å². The van der Waals surface area contributed by atoms with Crippen LogP contribution in [0.4, 0.5) is 0 Å². The number of hydrogen-bond acceptors (Lipinski definition) is 2. The quantitative estimate of drug-likeness (QED) is 0.776. The second kappa shape index (κ2) is 7.88. The Morgan fingerprint density at radius 2 is 1.78 bits per heavy atom. The van der Waals surface area contributed by atoms with E-state index in [1.807, 2.05) is 18.2 Å². The summed E-state index contributed by atoms with van der Waals surface area (Å²) in [6, 6.07) is 10.3. The lowest BCUT2D eigenvalue weighted by atomic mass is 10.0. The number of carbonyl (C=O) groups is 1. The molecule has 1 atom stereocenters. The van der Waals surface area contributed by atoms with Gasteiger partial charge in [-0.1, -0.05) is 51.1 Å². The van der Waals surface area contributed by atoms with Gasteiger partial charge in [-0.3, -0.25) is 4.79 Å².